The Bertz CT molecular complexity index is 756. The normalized spacial score (nSPS) is 14.4. The molecule has 0 bridgehead atoms. The molecule has 1 saturated heterocycles. The Morgan fingerprint density at radius 2 is 1.74 bits per heavy atom. The van der Waals surface area contributed by atoms with Crippen molar-refractivity contribution in [1.82, 2.24) is 4.90 Å². The predicted octanol–water partition coefficient (Wildman–Crippen LogP) is 2.11. The molecule has 1 amide bonds. The van der Waals surface area contributed by atoms with Crippen molar-refractivity contribution in [3.63, 3.8) is 0 Å². The fourth-order valence-corrected chi connectivity index (χ4v) is 3.03. The topological polar surface area (TPSA) is 113 Å². The van der Waals surface area contributed by atoms with Gasteiger partial charge in [-0.25, -0.2) is 9.59 Å². The molecule has 1 aliphatic heterocycles. The molecule has 1 heterocycles. The minimum absolute atomic E-state index is 0.0525. The number of ether oxygens (including phenoxy) is 5. The molecule has 0 unspecified atom stereocenters. The van der Waals surface area contributed by atoms with Crippen LogP contribution in [-0.2, 0) is 18.9 Å². The molecule has 0 spiro atoms. The number of rotatable bonds is 8. The van der Waals surface area contributed by atoms with Gasteiger partial charge in [-0.1, -0.05) is 0 Å². The molecule has 174 valence electrons. The minimum Gasteiger partial charge on any atom is -0.465 e. The van der Waals surface area contributed by atoms with Gasteiger partial charge in [0, 0.05) is 33.3 Å². The van der Waals surface area contributed by atoms with Crippen LogP contribution in [0.1, 0.15) is 31.1 Å². The van der Waals surface area contributed by atoms with Crippen LogP contribution in [0, 0.1) is 0 Å². The molecule has 2 N–H and O–H groups in total. The summed E-state index contributed by atoms with van der Waals surface area (Å²) in [7, 11) is 2.87. The van der Waals surface area contributed by atoms with E-state index in [1.54, 1.807) is 24.1 Å². The monoisotopic (exact) mass is 439 g/mol. The Labute approximate surface area is 183 Å². The van der Waals surface area contributed by atoms with Crippen molar-refractivity contribution < 1.29 is 33.3 Å². The Kier molecular flexibility index (Phi) is 8.76. The van der Waals surface area contributed by atoms with E-state index in [4.69, 9.17) is 29.4 Å². The number of nitrogens with two attached hydrogens (primary N) is 1. The first kappa shape index (κ1) is 24.5. The van der Waals surface area contributed by atoms with Crippen LogP contribution >= 0.6 is 0 Å². The third kappa shape index (κ3) is 6.90. The van der Waals surface area contributed by atoms with E-state index in [0.29, 0.717) is 50.8 Å². The van der Waals surface area contributed by atoms with Crippen LogP contribution in [0.2, 0.25) is 0 Å². The second-order valence-electron chi connectivity index (χ2n) is 7.98. The van der Waals surface area contributed by atoms with Crippen LogP contribution in [0.5, 0.6) is 5.75 Å². The van der Waals surface area contributed by atoms with Gasteiger partial charge in [-0.3, -0.25) is 0 Å². The molecule has 1 aromatic carbocycles. The molecule has 2 rings (SSSR count). The Morgan fingerprint density at radius 3 is 2.32 bits per heavy atom. The first-order valence-corrected chi connectivity index (χ1v) is 10.1. The summed E-state index contributed by atoms with van der Waals surface area (Å²) in [6, 6.07) is 3.37. The molecule has 1 fully saturated rings. The molecular formula is C21H33N3O7. The summed E-state index contributed by atoms with van der Waals surface area (Å²) in [5, 5.41) is 0. The lowest BCUT2D eigenvalue weighted by molar-refractivity contribution is -0.00803. The quantitative estimate of drug-likeness (QED) is 0.282. The third-order valence-electron chi connectivity index (χ3n) is 4.57. The average molecular weight is 440 g/mol. The number of nitrogens with zero attached hydrogens (tertiary/aromatic N) is 2. The molecule has 1 aliphatic rings. The lowest BCUT2D eigenvalue weighted by Crippen LogP contribution is -2.50. The van der Waals surface area contributed by atoms with E-state index in [1.807, 2.05) is 25.7 Å². The maximum Gasteiger partial charge on any atom is 0.410 e. The van der Waals surface area contributed by atoms with Gasteiger partial charge in [-0.05, 0) is 32.9 Å². The van der Waals surface area contributed by atoms with E-state index < -0.39 is 11.6 Å². The number of anilines is 2. The van der Waals surface area contributed by atoms with Crippen molar-refractivity contribution >= 4 is 23.4 Å². The van der Waals surface area contributed by atoms with E-state index in [1.165, 1.54) is 7.11 Å². The number of carbonyl (C=O) groups is 2. The Balaban J connectivity index is 2.14. The first-order valence-electron chi connectivity index (χ1n) is 10.1. The maximum absolute atomic E-state index is 12.3. The van der Waals surface area contributed by atoms with E-state index in [-0.39, 0.29) is 24.1 Å². The molecule has 1 aromatic rings. The lowest BCUT2D eigenvalue weighted by Gasteiger charge is -2.37. The molecule has 0 radical (unpaired) electrons. The van der Waals surface area contributed by atoms with Crippen molar-refractivity contribution in [2.24, 2.45) is 0 Å². The number of carbonyl (C=O) groups excluding carboxylic acids is 2. The van der Waals surface area contributed by atoms with Crippen molar-refractivity contribution in [2.75, 3.05) is 71.0 Å². The van der Waals surface area contributed by atoms with Gasteiger partial charge in [0.25, 0.3) is 0 Å². The summed E-state index contributed by atoms with van der Waals surface area (Å²) in [6.07, 6.45) is -0.337. The smallest absolute Gasteiger partial charge is 0.410 e. The number of amides is 1. The molecular weight excluding hydrogens is 406 g/mol. The molecule has 31 heavy (non-hydrogen) atoms. The van der Waals surface area contributed by atoms with Gasteiger partial charge in [0.05, 0.1) is 37.3 Å². The lowest BCUT2D eigenvalue weighted by atomic mass is 10.1. The zero-order valence-electron chi connectivity index (χ0n) is 18.9. The van der Waals surface area contributed by atoms with Crippen molar-refractivity contribution in [1.29, 1.82) is 0 Å². The number of hydrogen-bond acceptors (Lipinski definition) is 9. The van der Waals surface area contributed by atoms with Gasteiger partial charge < -0.3 is 39.2 Å². The van der Waals surface area contributed by atoms with Gasteiger partial charge in [-0.2, -0.15) is 0 Å². The maximum atomic E-state index is 12.3. The summed E-state index contributed by atoms with van der Waals surface area (Å²) in [6.45, 7) is 8.32. The van der Waals surface area contributed by atoms with Gasteiger partial charge in [0.1, 0.15) is 5.60 Å². The van der Waals surface area contributed by atoms with Gasteiger partial charge in [0.2, 0.25) is 0 Å². The van der Waals surface area contributed by atoms with Crippen LogP contribution in [0.15, 0.2) is 12.1 Å². The molecule has 10 nitrogen and oxygen atoms in total. The zero-order chi connectivity index (χ0) is 23.0. The molecule has 0 aromatic heterocycles. The average Bonchev–Trinajstić information content (AvgIpc) is 2.72. The molecule has 0 aliphatic carbocycles. The van der Waals surface area contributed by atoms with E-state index >= 15 is 0 Å². The van der Waals surface area contributed by atoms with Crippen molar-refractivity contribution in [3.05, 3.63) is 17.7 Å². The summed E-state index contributed by atoms with van der Waals surface area (Å²) in [5.41, 5.74) is 6.79. The molecule has 10 heteroatoms. The van der Waals surface area contributed by atoms with E-state index in [2.05, 4.69) is 0 Å². The molecule has 0 saturated carbocycles. The molecule has 0 atom stereocenters. The SMILES string of the molecule is COCCOCOc1c(N2CCN(C(=O)OC(C)(C)C)CC2)ccc(C(=O)OC)c1N. The fourth-order valence-electron chi connectivity index (χ4n) is 3.03. The number of piperazine rings is 1. The van der Waals surface area contributed by atoms with Crippen LogP contribution < -0.4 is 15.4 Å². The number of methoxy groups -OCH3 is 2. The Morgan fingerprint density at radius 1 is 1.06 bits per heavy atom. The minimum atomic E-state index is -0.552. The number of nitrogen functional groups attached to an aromatic ring is 1. The van der Waals surface area contributed by atoms with Gasteiger partial charge in [-0.15, -0.1) is 0 Å². The highest BCUT2D eigenvalue weighted by atomic mass is 16.7. The zero-order valence-corrected chi connectivity index (χ0v) is 18.9. The summed E-state index contributed by atoms with van der Waals surface area (Å²) in [4.78, 5) is 28.1. The standard InChI is InChI=1S/C21H33N3O7/c1-21(2,3)31-20(26)24-10-8-23(9-11-24)16-7-6-15(19(25)28-5)17(22)18(16)30-14-29-13-12-27-4/h6-7H,8-14,22H2,1-5H3. The second-order valence-corrected chi connectivity index (χ2v) is 7.98. The number of esters is 1. The highest BCUT2D eigenvalue weighted by molar-refractivity contribution is 5.98. The highest BCUT2D eigenvalue weighted by Gasteiger charge is 2.28. The van der Waals surface area contributed by atoms with Crippen LogP contribution in [0.3, 0.4) is 0 Å². The summed E-state index contributed by atoms with van der Waals surface area (Å²) in [5.74, 6) is -0.213. The van der Waals surface area contributed by atoms with Crippen molar-refractivity contribution in [3.8, 4) is 5.75 Å². The van der Waals surface area contributed by atoms with Gasteiger partial charge >= 0.3 is 12.1 Å². The van der Waals surface area contributed by atoms with Crippen LogP contribution in [0.4, 0.5) is 16.2 Å². The summed E-state index contributed by atoms with van der Waals surface area (Å²) < 4.78 is 26.4. The first-order chi connectivity index (χ1) is 14.7. The third-order valence-corrected chi connectivity index (χ3v) is 4.57. The number of benzene rings is 1. The fraction of sp³-hybridized carbons (Fsp3) is 0.619. The largest absolute Gasteiger partial charge is 0.465 e. The van der Waals surface area contributed by atoms with Crippen LogP contribution in [-0.4, -0.2) is 83.0 Å². The highest BCUT2D eigenvalue weighted by Crippen LogP contribution is 2.37. The second kappa shape index (κ2) is 11.1. The van der Waals surface area contributed by atoms with E-state index in [9.17, 15) is 9.59 Å². The van der Waals surface area contributed by atoms with Gasteiger partial charge in [0.15, 0.2) is 12.5 Å². The predicted molar refractivity (Wildman–Crippen MR) is 116 cm³/mol. The summed E-state index contributed by atoms with van der Waals surface area (Å²) >= 11 is 0. The van der Waals surface area contributed by atoms with E-state index in [0.717, 1.165) is 0 Å². The number of hydrogen-bond donors (Lipinski definition) is 1. The van der Waals surface area contributed by atoms with Crippen LogP contribution in [0.25, 0.3) is 0 Å². The Hall–Kier alpha value is -2.72. The van der Waals surface area contributed by atoms with Crippen molar-refractivity contribution in [2.45, 2.75) is 26.4 Å².